The maximum Gasteiger partial charge on any atom is 0.220 e. The summed E-state index contributed by atoms with van der Waals surface area (Å²) in [4.78, 5) is 11.4. The number of alkyl halides is 1. The van der Waals surface area contributed by atoms with E-state index in [1.165, 1.54) is 0 Å². The van der Waals surface area contributed by atoms with Crippen molar-refractivity contribution < 1.29 is 9.90 Å². The summed E-state index contributed by atoms with van der Waals surface area (Å²) < 4.78 is 0. The first-order chi connectivity index (χ1) is 8.22. The van der Waals surface area contributed by atoms with Gasteiger partial charge in [-0.3, -0.25) is 4.79 Å². The Hall–Kier alpha value is -1.22. The quantitative estimate of drug-likeness (QED) is 0.581. The number of unbranched alkanes of at least 4 members (excludes halogenated alkanes) is 1. The van der Waals surface area contributed by atoms with Crippen molar-refractivity contribution >= 4 is 17.5 Å². The van der Waals surface area contributed by atoms with Gasteiger partial charge in [0.1, 0.15) is 5.75 Å². The monoisotopic (exact) mass is 255 g/mol. The lowest BCUT2D eigenvalue weighted by molar-refractivity contribution is -0.121. The van der Waals surface area contributed by atoms with Crippen LogP contribution in [0.25, 0.3) is 0 Å². The summed E-state index contributed by atoms with van der Waals surface area (Å²) in [6.07, 6.45) is 3.05. The second-order valence-electron chi connectivity index (χ2n) is 3.91. The molecule has 3 nitrogen and oxygen atoms in total. The highest BCUT2D eigenvalue weighted by Crippen LogP contribution is 2.09. The van der Waals surface area contributed by atoms with Crippen LogP contribution >= 0.6 is 11.6 Å². The molecule has 0 aliphatic heterocycles. The number of aromatic hydroxyl groups is 1. The number of nitrogens with one attached hydrogen (secondary N) is 1. The van der Waals surface area contributed by atoms with Crippen molar-refractivity contribution in [3.05, 3.63) is 29.8 Å². The van der Waals surface area contributed by atoms with Crippen LogP contribution in [0.5, 0.6) is 5.75 Å². The maximum atomic E-state index is 11.4. The van der Waals surface area contributed by atoms with E-state index in [-0.39, 0.29) is 11.7 Å². The normalized spacial score (nSPS) is 10.2. The first kappa shape index (κ1) is 13.8. The SMILES string of the molecule is O=C(CCCCCl)NCCc1ccc(O)cc1. The van der Waals surface area contributed by atoms with Crippen LogP contribution in [0.4, 0.5) is 0 Å². The first-order valence-electron chi connectivity index (χ1n) is 5.83. The van der Waals surface area contributed by atoms with Crippen molar-refractivity contribution in [1.29, 1.82) is 0 Å². The lowest BCUT2D eigenvalue weighted by atomic mass is 10.1. The van der Waals surface area contributed by atoms with Gasteiger partial charge >= 0.3 is 0 Å². The van der Waals surface area contributed by atoms with Crippen LogP contribution in [-0.4, -0.2) is 23.4 Å². The molecular formula is C13H18ClNO2. The molecule has 0 aliphatic rings. The number of phenols is 1. The lowest BCUT2D eigenvalue weighted by Gasteiger charge is -2.05. The highest BCUT2D eigenvalue weighted by molar-refractivity contribution is 6.17. The summed E-state index contributed by atoms with van der Waals surface area (Å²) in [6.45, 7) is 0.629. The summed E-state index contributed by atoms with van der Waals surface area (Å²) in [5.74, 6) is 0.952. The standard InChI is InChI=1S/C13H18ClNO2/c14-9-2-1-3-13(17)15-10-8-11-4-6-12(16)7-5-11/h4-7,16H,1-3,8-10H2,(H,15,17). The van der Waals surface area contributed by atoms with Crippen LogP contribution in [0, 0.1) is 0 Å². The maximum absolute atomic E-state index is 11.4. The van der Waals surface area contributed by atoms with Gasteiger partial charge in [0.15, 0.2) is 0 Å². The molecule has 0 saturated carbocycles. The zero-order valence-corrected chi connectivity index (χ0v) is 10.5. The minimum absolute atomic E-state index is 0.0777. The summed E-state index contributed by atoms with van der Waals surface area (Å²) in [7, 11) is 0. The predicted octanol–water partition coefficient (Wildman–Crippen LogP) is 2.46. The molecule has 0 unspecified atom stereocenters. The number of phenolic OH excluding ortho intramolecular Hbond substituents is 1. The summed E-state index contributed by atoms with van der Waals surface area (Å²) >= 11 is 5.53. The van der Waals surface area contributed by atoms with Crippen LogP contribution in [0.15, 0.2) is 24.3 Å². The van der Waals surface area contributed by atoms with Crippen LogP contribution < -0.4 is 5.32 Å². The average Bonchev–Trinajstić information content (AvgIpc) is 2.32. The van der Waals surface area contributed by atoms with Gasteiger partial charge in [-0.2, -0.15) is 0 Å². The van der Waals surface area contributed by atoms with E-state index in [2.05, 4.69) is 5.32 Å². The van der Waals surface area contributed by atoms with Gasteiger partial charge in [0, 0.05) is 18.8 Å². The molecule has 1 aromatic rings. The molecule has 0 radical (unpaired) electrons. The van der Waals surface area contributed by atoms with E-state index < -0.39 is 0 Å². The number of halogens is 1. The number of rotatable bonds is 7. The Bertz CT molecular complexity index is 338. The Kier molecular flexibility index (Phi) is 6.48. The third-order valence-corrected chi connectivity index (χ3v) is 2.73. The van der Waals surface area contributed by atoms with Gasteiger partial charge in [-0.1, -0.05) is 12.1 Å². The van der Waals surface area contributed by atoms with Crippen LogP contribution in [0.1, 0.15) is 24.8 Å². The highest BCUT2D eigenvalue weighted by atomic mass is 35.5. The summed E-state index contributed by atoms with van der Waals surface area (Å²) in [5, 5.41) is 12.0. The minimum Gasteiger partial charge on any atom is -0.508 e. The molecule has 0 bridgehead atoms. The molecule has 1 aromatic carbocycles. The second kappa shape index (κ2) is 7.96. The molecule has 2 N–H and O–H groups in total. The molecule has 0 heterocycles. The fraction of sp³-hybridized carbons (Fsp3) is 0.462. The number of carbonyl (C=O) groups is 1. The Labute approximate surface area is 107 Å². The topological polar surface area (TPSA) is 49.3 Å². The van der Waals surface area contributed by atoms with Crippen molar-refractivity contribution in [2.75, 3.05) is 12.4 Å². The van der Waals surface area contributed by atoms with Gasteiger partial charge in [0.25, 0.3) is 0 Å². The molecule has 94 valence electrons. The molecule has 0 spiro atoms. The zero-order chi connectivity index (χ0) is 12.5. The summed E-state index contributed by atoms with van der Waals surface area (Å²) in [6, 6.07) is 7.01. The molecule has 0 aliphatic carbocycles. The molecule has 0 fully saturated rings. The number of carbonyl (C=O) groups excluding carboxylic acids is 1. The van der Waals surface area contributed by atoms with Crippen molar-refractivity contribution in [3.8, 4) is 5.75 Å². The van der Waals surface area contributed by atoms with E-state index in [1.54, 1.807) is 12.1 Å². The van der Waals surface area contributed by atoms with E-state index in [1.807, 2.05) is 12.1 Å². The Balaban J connectivity index is 2.14. The van der Waals surface area contributed by atoms with Gasteiger partial charge in [0.05, 0.1) is 0 Å². The average molecular weight is 256 g/mol. The smallest absolute Gasteiger partial charge is 0.220 e. The minimum atomic E-state index is 0.0777. The largest absolute Gasteiger partial charge is 0.508 e. The first-order valence-corrected chi connectivity index (χ1v) is 6.36. The predicted molar refractivity (Wildman–Crippen MR) is 69.4 cm³/mol. The van der Waals surface area contributed by atoms with E-state index in [4.69, 9.17) is 16.7 Å². The fourth-order valence-electron chi connectivity index (χ4n) is 1.48. The molecule has 0 atom stereocenters. The highest BCUT2D eigenvalue weighted by Gasteiger charge is 2.00. The van der Waals surface area contributed by atoms with Gasteiger partial charge in [-0.25, -0.2) is 0 Å². The van der Waals surface area contributed by atoms with Gasteiger partial charge in [-0.15, -0.1) is 11.6 Å². The van der Waals surface area contributed by atoms with Crippen molar-refractivity contribution in [3.63, 3.8) is 0 Å². The fourth-order valence-corrected chi connectivity index (χ4v) is 1.67. The van der Waals surface area contributed by atoms with Gasteiger partial charge < -0.3 is 10.4 Å². The third kappa shape index (κ3) is 6.17. The van der Waals surface area contributed by atoms with E-state index in [0.29, 0.717) is 18.8 Å². The Morgan fingerprint density at radius 1 is 1.24 bits per heavy atom. The molecule has 0 aromatic heterocycles. The molecular weight excluding hydrogens is 238 g/mol. The van der Waals surface area contributed by atoms with Gasteiger partial charge in [-0.05, 0) is 37.0 Å². The van der Waals surface area contributed by atoms with Gasteiger partial charge in [0.2, 0.25) is 5.91 Å². The van der Waals surface area contributed by atoms with Crippen molar-refractivity contribution in [2.45, 2.75) is 25.7 Å². The summed E-state index contributed by atoms with van der Waals surface area (Å²) in [5.41, 5.74) is 1.10. The number of hydrogen-bond acceptors (Lipinski definition) is 2. The Morgan fingerprint density at radius 2 is 1.94 bits per heavy atom. The van der Waals surface area contributed by atoms with E-state index in [0.717, 1.165) is 24.8 Å². The van der Waals surface area contributed by atoms with Crippen LogP contribution in [0.2, 0.25) is 0 Å². The van der Waals surface area contributed by atoms with Crippen LogP contribution in [0.3, 0.4) is 0 Å². The number of hydrogen-bond donors (Lipinski definition) is 2. The molecule has 0 saturated heterocycles. The Morgan fingerprint density at radius 3 is 2.59 bits per heavy atom. The number of amides is 1. The molecule has 4 heteroatoms. The lowest BCUT2D eigenvalue weighted by Crippen LogP contribution is -2.25. The second-order valence-corrected chi connectivity index (χ2v) is 4.29. The number of benzene rings is 1. The van der Waals surface area contributed by atoms with E-state index >= 15 is 0 Å². The van der Waals surface area contributed by atoms with Crippen molar-refractivity contribution in [2.24, 2.45) is 0 Å². The third-order valence-electron chi connectivity index (χ3n) is 2.46. The molecule has 1 rings (SSSR count). The van der Waals surface area contributed by atoms with E-state index in [9.17, 15) is 4.79 Å². The zero-order valence-electron chi connectivity index (χ0n) is 9.79. The molecule has 1 amide bonds. The van der Waals surface area contributed by atoms with Crippen LogP contribution in [-0.2, 0) is 11.2 Å². The molecule has 17 heavy (non-hydrogen) atoms. The van der Waals surface area contributed by atoms with Crippen molar-refractivity contribution in [1.82, 2.24) is 5.32 Å².